The first-order chi connectivity index (χ1) is 5.81. The van der Waals surface area contributed by atoms with Crippen molar-refractivity contribution >= 4 is 6.16 Å². The molecule has 70 valence electrons. The second kappa shape index (κ2) is 8.11. The average Bonchev–Trinajstić information content (AvgIpc) is 2.09. The smallest absolute Gasteiger partial charge is 0.434 e. The van der Waals surface area contributed by atoms with Crippen molar-refractivity contribution in [2.75, 3.05) is 6.61 Å². The van der Waals surface area contributed by atoms with Crippen LogP contribution in [0, 0.1) is 0 Å². The summed E-state index contributed by atoms with van der Waals surface area (Å²) in [6, 6.07) is 0. The molecule has 0 N–H and O–H groups in total. The van der Waals surface area contributed by atoms with Gasteiger partial charge in [0.1, 0.15) is 0 Å². The summed E-state index contributed by atoms with van der Waals surface area (Å²) in [5.74, 6) is 0. The molecule has 0 heterocycles. The number of unbranched alkanes of at least 4 members (excludes halogenated alkanes) is 1. The van der Waals surface area contributed by atoms with Gasteiger partial charge in [-0.15, -0.1) is 0 Å². The lowest BCUT2D eigenvalue weighted by molar-refractivity contribution is 0.0847. The van der Waals surface area contributed by atoms with Gasteiger partial charge in [-0.25, -0.2) is 4.79 Å². The van der Waals surface area contributed by atoms with Crippen molar-refractivity contribution in [1.82, 2.24) is 0 Å². The fourth-order valence-electron chi connectivity index (χ4n) is 0.558. The maximum atomic E-state index is 10.7. The molecule has 0 radical (unpaired) electrons. The van der Waals surface area contributed by atoms with Gasteiger partial charge in [-0.1, -0.05) is 20.3 Å². The molecule has 3 nitrogen and oxygen atoms in total. The first kappa shape index (κ1) is 11.0. The molecule has 0 saturated carbocycles. The lowest BCUT2D eigenvalue weighted by atomic mass is 10.3. The Labute approximate surface area is 73.4 Å². The van der Waals surface area contributed by atoms with Crippen LogP contribution in [0.4, 0.5) is 4.79 Å². The molecule has 0 aromatic carbocycles. The largest absolute Gasteiger partial charge is 0.513 e. The molecule has 0 aromatic heterocycles. The molecule has 0 aliphatic heterocycles. The summed E-state index contributed by atoms with van der Waals surface area (Å²) in [6.07, 6.45) is 5.33. The number of ether oxygens (including phenoxy) is 2. The lowest BCUT2D eigenvalue weighted by Crippen LogP contribution is -2.03. The molecule has 0 rings (SSSR count). The van der Waals surface area contributed by atoms with Gasteiger partial charge in [-0.2, -0.15) is 0 Å². The molecule has 3 heteroatoms. The van der Waals surface area contributed by atoms with Crippen molar-refractivity contribution in [3.63, 3.8) is 0 Å². The molecule has 0 spiro atoms. The summed E-state index contributed by atoms with van der Waals surface area (Å²) in [4.78, 5) is 10.7. The molecular formula is C9H16O3. The number of carbonyl (C=O) groups excluding carboxylic acids is 1. The Morgan fingerprint density at radius 1 is 1.33 bits per heavy atom. The van der Waals surface area contributed by atoms with E-state index in [-0.39, 0.29) is 0 Å². The van der Waals surface area contributed by atoms with Crippen molar-refractivity contribution < 1.29 is 14.3 Å². The van der Waals surface area contributed by atoms with Crippen LogP contribution >= 0.6 is 0 Å². The third-order valence-corrected chi connectivity index (χ3v) is 1.14. The fraction of sp³-hybridized carbons (Fsp3) is 0.667. The van der Waals surface area contributed by atoms with E-state index >= 15 is 0 Å². The normalized spacial score (nSPS) is 10.2. The maximum Gasteiger partial charge on any atom is 0.513 e. The average molecular weight is 172 g/mol. The number of hydrogen-bond donors (Lipinski definition) is 0. The first-order valence-corrected chi connectivity index (χ1v) is 4.29. The number of rotatable bonds is 5. The zero-order valence-corrected chi connectivity index (χ0v) is 7.71. The van der Waals surface area contributed by atoms with Gasteiger partial charge < -0.3 is 9.47 Å². The molecule has 12 heavy (non-hydrogen) atoms. The predicted molar refractivity (Wildman–Crippen MR) is 46.8 cm³/mol. The SMILES string of the molecule is CCC/C=C/OC(=O)OCCC. The summed E-state index contributed by atoms with van der Waals surface area (Å²) in [5, 5.41) is 0. The maximum absolute atomic E-state index is 10.7. The van der Waals surface area contributed by atoms with Crippen LogP contribution < -0.4 is 0 Å². The molecular weight excluding hydrogens is 156 g/mol. The zero-order chi connectivity index (χ0) is 9.23. The minimum Gasteiger partial charge on any atom is -0.434 e. The van der Waals surface area contributed by atoms with E-state index in [1.54, 1.807) is 6.08 Å². The summed E-state index contributed by atoms with van der Waals surface area (Å²) in [7, 11) is 0. The molecule has 0 fully saturated rings. The minimum absolute atomic E-state index is 0.417. The van der Waals surface area contributed by atoms with Gasteiger partial charge in [0, 0.05) is 0 Å². The van der Waals surface area contributed by atoms with Crippen molar-refractivity contribution in [3.05, 3.63) is 12.3 Å². The van der Waals surface area contributed by atoms with E-state index in [0.717, 1.165) is 19.3 Å². The highest BCUT2D eigenvalue weighted by atomic mass is 16.7. The summed E-state index contributed by atoms with van der Waals surface area (Å²) < 4.78 is 9.26. The predicted octanol–water partition coefficient (Wildman–Crippen LogP) is 2.86. The van der Waals surface area contributed by atoms with Crippen LogP contribution in [0.2, 0.25) is 0 Å². The van der Waals surface area contributed by atoms with Crippen molar-refractivity contribution in [2.45, 2.75) is 33.1 Å². The van der Waals surface area contributed by atoms with Crippen LogP contribution in [0.1, 0.15) is 33.1 Å². The Balaban J connectivity index is 3.30. The van der Waals surface area contributed by atoms with Gasteiger partial charge in [0.15, 0.2) is 0 Å². The standard InChI is InChI=1S/C9H16O3/c1-3-5-6-8-12-9(10)11-7-4-2/h6,8H,3-5,7H2,1-2H3/b8-6+. The summed E-state index contributed by atoms with van der Waals surface area (Å²) in [6.45, 7) is 4.40. The fourth-order valence-corrected chi connectivity index (χ4v) is 0.558. The van der Waals surface area contributed by atoms with E-state index in [0.29, 0.717) is 6.61 Å². The molecule has 0 aromatic rings. The highest BCUT2D eigenvalue weighted by Crippen LogP contribution is 1.92. The Bertz CT molecular complexity index is 141. The van der Waals surface area contributed by atoms with Crippen LogP contribution in [0.15, 0.2) is 12.3 Å². The van der Waals surface area contributed by atoms with E-state index in [1.807, 2.05) is 6.92 Å². The van der Waals surface area contributed by atoms with Gasteiger partial charge in [0.25, 0.3) is 0 Å². The van der Waals surface area contributed by atoms with Gasteiger partial charge in [-0.05, 0) is 18.9 Å². The second-order valence-electron chi connectivity index (χ2n) is 2.38. The van der Waals surface area contributed by atoms with Crippen molar-refractivity contribution in [1.29, 1.82) is 0 Å². The summed E-state index contributed by atoms with van der Waals surface area (Å²) >= 11 is 0. The first-order valence-electron chi connectivity index (χ1n) is 4.29. The lowest BCUT2D eigenvalue weighted by Gasteiger charge is -1.99. The Kier molecular flexibility index (Phi) is 7.44. The summed E-state index contributed by atoms with van der Waals surface area (Å²) in [5.41, 5.74) is 0. The molecule has 0 unspecified atom stereocenters. The van der Waals surface area contributed by atoms with E-state index in [9.17, 15) is 4.79 Å². The molecule has 0 bridgehead atoms. The van der Waals surface area contributed by atoms with Crippen LogP contribution in [-0.4, -0.2) is 12.8 Å². The number of carbonyl (C=O) groups is 1. The highest BCUT2D eigenvalue weighted by Gasteiger charge is 1.97. The number of allylic oxidation sites excluding steroid dienone is 1. The van der Waals surface area contributed by atoms with Gasteiger partial charge in [0.05, 0.1) is 12.9 Å². The van der Waals surface area contributed by atoms with Gasteiger partial charge in [0.2, 0.25) is 0 Å². The van der Waals surface area contributed by atoms with Crippen molar-refractivity contribution in [3.8, 4) is 0 Å². The third kappa shape index (κ3) is 7.12. The number of hydrogen-bond acceptors (Lipinski definition) is 3. The van der Waals surface area contributed by atoms with E-state index in [1.165, 1.54) is 6.26 Å². The van der Waals surface area contributed by atoms with Crippen LogP contribution in [0.5, 0.6) is 0 Å². The van der Waals surface area contributed by atoms with Gasteiger partial charge >= 0.3 is 6.16 Å². The van der Waals surface area contributed by atoms with E-state index in [2.05, 4.69) is 16.4 Å². The van der Waals surface area contributed by atoms with Crippen molar-refractivity contribution in [2.24, 2.45) is 0 Å². The Morgan fingerprint density at radius 2 is 2.08 bits per heavy atom. The second-order valence-corrected chi connectivity index (χ2v) is 2.38. The van der Waals surface area contributed by atoms with E-state index < -0.39 is 6.16 Å². The Hall–Kier alpha value is -0.990. The molecule has 0 amide bonds. The Morgan fingerprint density at radius 3 is 2.67 bits per heavy atom. The molecule has 0 saturated heterocycles. The molecule has 0 aliphatic carbocycles. The highest BCUT2D eigenvalue weighted by molar-refractivity contribution is 5.60. The topological polar surface area (TPSA) is 35.5 Å². The monoisotopic (exact) mass is 172 g/mol. The minimum atomic E-state index is -0.621. The van der Waals surface area contributed by atoms with Gasteiger partial charge in [-0.3, -0.25) is 0 Å². The quantitative estimate of drug-likeness (QED) is 0.472. The third-order valence-electron chi connectivity index (χ3n) is 1.14. The molecule has 0 aliphatic rings. The van der Waals surface area contributed by atoms with Crippen LogP contribution in [0.3, 0.4) is 0 Å². The molecule has 0 atom stereocenters. The van der Waals surface area contributed by atoms with Crippen LogP contribution in [0.25, 0.3) is 0 Å². The van der Waals surface area contributed by atoms with Crippen LogP contribution in [-0.2, 0) is 9.47 Å². The van der Waals surface area contributed by atoms with E-state index in [4.69, 9.17) is 0 Å². The zero-order valence-electron chi connectivity index (χ0n) is 7.71.